The zero-order valence-corrected chi connectivity index (χ0v) is 23.7. The number of hydrogen-bond acceptors (Lipinski definition) is 1. The van der Waals surface area contributed by atoms with Crippen LogP contribution in [0.5, 0.6) is 0 Å². The molecule has 0 saturated carbocycles. The van der Waals surface area contributed by atoms with Crippen LogP contribution in [0.1, 0.15) is 0 Å². The summed E-state index contributed by atoms with van der Waals surface area (Å²) in [6.07, 6.45) is 0. The number of benzene rings is 8. The van der Waals surface area contributed by atoms with E-state index in [1.165, 1.54) is 54.6 Å². The van der Waals surface area contributed by atoms with E-state index < -0.39 is 0 Å². The van der Waals surface area contributed by atoms with Gasteiger partial charge in [0, 0.05) is 16.8 Å². The third-order valence-corrected chi connectivity index (χ3v) is 8.42. The topological polar surface area (TPSA) is 3.24 Å². The first-order valence-corrected chi connectivity index (χ1v) is 14.8. The van der Waals surface area contributed by atoms with Crippen LogP contribution in [0.2, 0.25) is 0 Å². The van der Waals surface area contributed by atoms with Crippen molar-refractivity contribution in [1.82, 2.24) is 0 Å². The van der Waals surface area contributed by atoms with E-state index >= 15 is 0 Å². The Labute approximate surface area is 251 Å². The normalized spacial score (nSPS) is 11.3. The number of fused-ring (bicyclic) bond motifs is 3. The van der Waals surface area contributed by atoms with Crippen molar-refractivity contribution in [2.45, 2.75) is 0 Å². The number of hydrogen-bond donors (Lipinski definition) is 0. The summed E-state index contributed by atoms with van der Waals surface area (Å²) in [4.78, 5) is 2.41. The van der Waals surface area contributed by atoms with E-state index in [2.05, 4.69) is 181 Å². The van der Waals surface area contributed by atoms with Crippen LogP contribution in [0.25, 0.3) is 54.6 Å². The van der Waals surface area contributed by atoms with Crippen molar-refractivity contribution >= 4 is 49.4 Å². The summed E-state index contributed by atoms with van der Waals surface area (Å²) in [6.45, 7) is 0. The second-order valence-electron chi connectivity index (χ2n) is 11.0. The maximum Gasteiger partial charge on any atom is 0.0540 e. The molecule has 8 aromatic carbocycles. The highest BCUT2D eigenvalue weighted by atomic mass is 15.1. The first kappa shape index (κ1) is 25.1. The summed E-state index contributed by atoms with van der Waals surface area (Å²) in [5.41, 5.74) is 8.27. The lowest BCUT2D eigenvalue weighted by Gasteiger charge is -2.28. The van der Waals surface area contributed by atoms with Crippen LogP contribution in [-0.4, -0.2) is 0 Å². The molecule has 0 spiro atoms. The molecule has 1 nitrogen and oxygen atoms in total. The van der Waals surface area contributed by atoms with Crippen molar-refractivity contribution in [3.8, 4) is 22.3 Å². The Morgan fingerprint density at radius 2 is 0.698 bits per heavy atom. The second-order valence-corrected chi connectivity index (χ2v) is 11.0. The van der Waals surface area contributed by atoms with Crippen LogP contribution < -0.4 is 4.90 Å². The zero-order chi connectivity index (χ0) is 28.6. The molecule has 1 heteroatoms. The average molecular weight is 548 g/mol. The summed E-state index contributed by atoms with van der Waals surface area (Å²) in [5.74, 6) is 0. The predicted octanol–water partition coefficient (Wildman–Crippen LogP) is 11.9. The van der Waals surface area contributed by atoms with Crippen molar-refractivity contribution < 1.29 is 0 Å². The van der Waals surface area contributed by atoms with E-state index in [0.717, 1.165) is 17.1 Å². The average Bonchev–Trinajstić information content (AvgIpc) is 3.08. The molecule has 0 aliphatic heterocycles. The Morgan fingerprint density at radius 3 is 1.23 bits per heavy atom. The third-order valence-electron chi connectivity index (χ3n) is 8.42. The van der Waals surface area contributed by atoms with Gasteiger partial charge in [-0.25, -0.2) is 0 Å². The van der Waals surface area contributed by atoms with Gasteiger partial charge in [0.25, 0.3) is 0 Å². The van der Waals surface area contributed by atoms with E-state index in [1.807, 2.05) is 0 Å². The number of rotatable bonds is 5. The summed E-state index contributed by atoms with van der Waals surface area (Å²) < 4.78 is 0. The van der Waals surface area contributed by atoms with Gasteiger partial charge in [0.15, 0.2) is 0 Å². The van der Waals surface area contributed by atoms with Gasteiger partial charge in [-0.3, -0.25) is 0 Å². The fourth-order valence-electron chi connectivity index (χ4n) is 6.41. The highest BCUT2D eigenvalue weighted by Crippen LogP contribution is 2.42. The van der Waals surface area contributed by atoms with Gasteiger partial charge >= 0.3 is 0 Å². The lowest BCUT2D eigenvalue weighted by Crippen LogP contribution is -2.10. The summed E-state index contributed by atoms with van der Waals surface area (Å²) >= 11 is 0. The molecule has 0 aliphatic carbocycles. The third kappa shape index (κ3) is 4.52. The molecular weight excluding hydrogens is 518 g/mol. The summed E-state index contributed by atoms with van der Waals surface area (Å²) in [5, 5.41) is 7.46. The maximum absolute atomic E-state index is 2.41. The Bertz CT molecular complexity index is 2120. The lowest BCUT2D eigenvalue weighted by molar-refractivity contribution is 1.30. The van der Waals surface area contributed by atoms with Crippen LogP contribution in [0, 0.1) is 0 Å². The van der Waals surface area contributed by atoms with E-state index in [-0.39, 0.29) is 0 Å². The van der Waals surface area contributed by atoms with E-state index in [4.69, 9.17) is 0 Å². The minimum Gasteiger partial charge on any atom is -0.310 e. The van der Waals surface area contributed by atoms with Gasteiger partial charge in [0.2, 0.25) is 0 Å². The van der Waals surface area contributed by atoms with Gasteiger partial charge in [-0.2, -0.15) is 0 Å². The van der Waals surface area contributed by atoms with Crippen LogP contribution in [-0.2, 0) is 0 Å². The SMILES string of the molecule is c1cc(-c2cccc3ccccc23)cc(N(c2cccc(-c3cccc4ccccc34)c2)c2cccc3ccccc23)c1. The van der Waals surface area contributed by atoms with Crippen LogP contribution >= 0.6 is 0 Å². The molecule has 0 heterocycles. The Balaban J connectivity index is 1.35. The van der Waals surface area contributed by atoms with Gasteiger partial charge in [0.05, 0.1) is 5.69 Å². The molecule has 0 aliphatic rings. The first-order chi connectivity index (χ1) is 21.3. The van der Waals surface area contributed by atoms with Crippen LogP contribution in [0.4, 0.5) is 17.1 Å². The monoisotopic (exact) mass is 547 g/mol. The molecular formula is C42H29N. The second kappa shape index (κ2) is 10.6. The zero-order valence-electron chi connectivity index (χ0n) is 23.7. The molecule has 0 radical (unpaired) electrons. The molecule has 0 saturated heterocycles. The van der Waals surface area contributed by atoms with Gasteiger partial charge in [0.1, 0.15) is 0 Å². The minimum absolute atomic E-state index is 1.12. The predicted molar refractivity (Wildman–Crippen MR) is 185 cm³/mol. The minimum atomic E-state index is 1.12. The van der Waals surface area contributed by atoms with Gasteiger partial charge in [-0.05, 0) is 79.5 Å². The molecule has 0 atom stereocenters. The quantitative estimate of drug-likeness (QED) is 0.207. The number of anilines is 3. The maximum atomic E-state index is 2.41. The van der Waals surface area contributed by atoms with E-state index in [0.29, 0.717) is 0 Å². The van der Waals surface area contributed by atoms with Crippen molar-refractivity contribution in [2.75, 3.05) is 4.90 Å². The smallest absolute Gasteiger partial charge is 0.0540 e. The van der Waals surface area contributed by atoms with Gasteiger partial charge in [-0.1, -0.05) is 146 Å². The number of nitrogens with zero attached hydrogens (tertiary/aromatic N) is 1. The molecule has 0 bridgehead atoms. The summed E-state index contributed by atoms with van der Waals surface area (Å²) in [7, 11) is 0. The highest BCUT2D eigenvalue weighted by molar-refractivity contribution is 6.02. The van der Waals surface area contributed by atoms with Gasteiger partial charge in [-0.15, -0.1) is 0 Å². The standard InChI is InChI=1S/C42H29N/c1-4-22-37-30(12-1)15-9-25-39(37)33-18-7-20-35(28-33)43(42-27-11-17-32-14-3-6-24-41(32)42)36-21-8-19-34(29-36)40-26-10-16-31-13-2-5-23-38(31)40/h1-29H. The molecule has 43 heavy (non-hydrogen) atoms. The van der Waals surface area contributed by atoms with Crippen LogP contribution in [0.3, 0.4) is 0 Å². The Hall–Kier alpha value is -5.66. The fraction of sp³-hybridized carbons (Fsp3) is 0. The van der Waals surface area contributed by atoms with E-state index in [9.17, 15) is 0 Å². The largest absolute Gasteiger partial charge is 0.310 e. The molecule has 0 aromatic heterocycles. The van der Waals surface area contributed by atoms with Crippen molar-refractivity contribution in [1.29, 1.82) is 0 Å². The van der Waals surface area contributed by atoms with Crippen molar-refractivity contribution in [3.05, 3.63) is 176 Å². The van der Waals surface area contributed by atoms with Gasteiger partial charge < -0.3 is 4.90 Å². The fourth-order valence-corrected chi connectivity index (χ4v) is 6.41. The molecule has 8 rings (SSSR count). The molecule has 202 valence electrons. The van der Waals surface area contributed by atoms with Crippen LogP contribution in [0.15, 0.2) is 176 Å². The highest BCUT2D eigenvalue weighted by Gasteiger charge is 2.17. The lowest BCUT2D eigenvalue weighted by atomic mass is 9.96. The molecule has 0 amide bonds. The Morgan fingerprint density at radius 1 is 0.302 bits per heavy atom. The Kier molecular flexibility index (Phi) is 6.20. The van der Waals surface area contributed by atoms with E-state index in [1.54, 1.807) is 0 Å². The molecule has 8 aromatic rings. The van der Waals surface area contributed by atoms with Crippen molar-refractivity contribution in [2.24, 2.45) is 0 Å². The molecule has 0 N–H and O–H groups in total. The summed E-state index contributed by atoms with van der Waals surface area (Å²) in [6, 6.07) is 63.5. The first-order valence-electron chi connectivity index (χ1n) is 14.8. The molecule has 0 unspecified atom stereocenters. The van der Waals surface area contributed by atoms with Crippen molar-refractivity contribution in [3.63, 3.8) is 0 Å². The molecule has 0 fully saturated rings.